The lowest BCUT2D eigenvalue weighted by Crippen LogP contribution is -2.05. The Morgan fingerprint density at radius 1 is 1.44 bits per heavy atom. The molecular formula is C7H13O2. The van der Waals surface area contributed by atoms with E-state index in [1.807, 2.05) is 20.8 Å². The molecule has 2 heteroatoms. The Balaban J connectivity index is 3.27. The molecule has 0 unspecified atom stereocenters. The summed E-state index contributed by atoms with van der Waals surface area (Å²) < 4.78 is 4.69. The minimum atomic E-state index is -0.127. The van der Waals surface area contributed by atoms with Gasteiger partial charge in [0.05, 0.1) is 13.0 Å². The molecule has 0 aromatic heterocycles. The monoisotopic (exact) mass is 129 g/mol. The standard InChI is InChI=1S/C7H13O2/c1-4-9-7(8)5-6(2)3/h4-5H2,1-3H3. The van der Waals surface area contributed by atoms with Gasteiger partial charge in [0, 0.05) is 0 Å². The van der Waals surface area contributed by atoms with E-state index in [0.29, 0.717) is 13.0 Å². The molecule has 0 amide bonds. The first kappa shape index (κ1) is 8.47. The first-order valence-electron chi connectivity index (χ1n) is 3.11. The summed E-state index contributed by atoms with van der Waals surface area (Å²) in [4.78, 5) is 10.6. The molecule has 0 rings (SSSR count). The highest BCUT2D eigenvalue weighted by Crippen LogP contribution is 2.02. The molecule has 0 aliphatic heterocycles. The lowest BCUT2D eigenvalue weighted by Gasteiger charge is -2.02. The van der Waals surface area contributed by atoms with Gasteiger partial charge in [-0.1, -0.05) is 13.8 Å². The quantitative estimate of drug-likeness (QED) is 0.540. The number of ether oxygens (including phenoxy) is 1. The van der Waals surface area contributed by atoms with Gasteiger partial charge in [0.25, 0.3) is 0 Å². The second kappa shape index (κ2) is 4.36. The Kier molecular flexibility index (Phi) is 4.10. The van der Waals surface area contributed by atoms with E-state index in [4.69, 9.17) is 4.74 Å². The average molecular weight is 129 g/mol. The van der Waals surface area contributed by atoms with Crippen molar-refractivity contribution in [1.29, 1.82) is 0 Å². The number of hydrogen-bond donors (Lipinski definition) is 0. The number of carbonyl (C=O) groups is 1. The van der Waals surface area contributed by atoms with Gasteiger partial charge in [-0.15, -0.1) is 0 Å². The SMILES string of the molecule is CCOC(=O)C[C](C)C. The number of rotatable bonds is 3. The summed E-state index contributed by atoms with van der Waals surface area (Å²) in [5, 5.41) is 0. The third-order valence-electron chi connectivity index (χ3n) is 0.803. The van der Waals surface area contributed by atoms with Crippen molar-refractivity contribution in [2.45, 2.75) is 27.2 Å². The molecule has 0 saturated heterocycles. The van der Waals surface area contributed by atoms with Gasteiger partial charge < -0.3 is 4.74 Å². The predicted octanol–water partition coefficient (Wildman–Crippen LogP) is 1.55. The largest absolute Gasteiger partial charge is 0.466 e. The van der Waals surface area contributed by atoms with Crippen LogP contribution >= 0.6 is 0 Å². The molecule has 0 saturated carbocycles. The summed E-state index contributed by atoms with van der Waals surface area (Å²) in [6.07, 6.45) is 0.452. The van der Waals surface area contributed by atoms with E-state index in [1.54, 1.807) is 0 Å². The molecule has 2 nitrogen and oxygen atoms in total. The second-order valence-corrected chi connectivity index (χ2v) is 2.19. The van der Waals surface area contributed by atoms with Crippen molar-refractivity contribution >= 4 is 5.97 Å². The molecule has 0 fully saturated rings. The van der Waals surface area contributed by atoms with Gasteiger partial charge in [0.2, 0.25) is 0 Å². The molecule has 53 valence electrons. The first-order chi connectivity index (χ1) is 4.16. The highest BCUT2D eigenvalue weighted by molar-refractivity contribution is 5.71. The van der Waals surface area contributed by atoms with Crippen molar-refractivity contribution in [1.82, 2.24) is 0 Å². The van der Waals surface area contributed by atoms with Gasteiger partial charge in [0.1, 0.15) is 0 Å². The maximum atomic E-state index is 10.6. The van der Waals surface area contributed by atoms with Crippen LogP contribution in [0.2, 0.25) is 0 Å². The maximum absolute atomic E-state index is 10.6. The summed E-state index contributed by atoms with van der Waals surface area (Å²) in [6.45, 7) is 6.11. The lowest BCUT2D eigenvalue weighted by molar-refractivity contribution is -0.142. The Morgan fingerprint density at radius 3 is 2.33 bits per heavy atom. The van der Waals surface area contributed by atoms with Crippen molar-refractivity contribution in [3.05, 3.63) is 5.92 Å². The van der Waals surface area contributed by atoms with Crippen molar-refractivity contribution < 1.29 is 9.53 Å². The Morgan fingerprint density at radius 2 is 2.00 bits per heavy atom. The van der Waals surface area contributed by atoms with Crippen LogP contribution in [0.15, 0.2) is 0 Å². The number of hydrogen-bond acceptors (Lipinski definition) is 2. The first-order valence-corrected chi connectivity index (χ1v) is 3.11. The van der Waals surface area contributed by atoms with Crippen LogP contribution in [0.25, 0.3) is 0 Å². The fraction of sp³-hybridized carbons (Fsp3) is 0.714. The Hall–Kier alpha value is -0.530. The van der Waals surface area contributed by atoms with Gasteiger partial charge in [-0.2, -0.15) is 0 Å². The predicted molar refractivity (Wildman–Crippen MR) is 35.8 cm³/mol. The minimum Gasteiger partial charge on any atom is -0.466 e. The lowest BCUT2D eigenvalue weighted by atomic mass is 10.1. The van der Waals surface area contributed by atoms with Gasteiger partial charge in [-0.25, -0.2) is 0 Å². The van der Waals surface area contributed by atoms with Crippen molar-refractivity contribution in [2.24, 2.45) is 0 Å². The fourth-order valence-electron chi connectivity index (χ4n) is 0.501. The molecule has 1 radical (unpaired) electrons. The van der Waals surface area contributed by atoms with Crippen LogP contribution in [0.5, 0.6) is 0 Å². The number of carbonyl (C=O) groups excluding carboxylic acids is 1. The molecule has 0 aliphatic carbocycles. The normalized spacial score (nSPS) is 9.78. The molecule has 0 atom stereocenters. The molecule has 0 bridgehead atoms. The Bertz CT molecular complexity index is 86.9. The summed E-state index contributed by atoms with van der Waals surface area (Å²) >= 11 is 0. The van der Waals surface area contributed by atoms with E-state index >= 15 is 0 Å². The summed E-state index contributed by atoms with van der Waals surface area (Å²) in [7, 11) is 0. The molecule has 0 aromatic rings. The molecule has 0 heterocycles. The van der Waals surface area contributed by atoms with Gasteiger partial charge in [0.15, 0.2) is 0 Å². The zero-order chi connectivity index (χ0) is 7.28. The molecule has 0 N–H and O–H groups in total. The van der Waals surface area contributed by atoms with Crippen LogP contribution in [0, 0.1) is 5.92 Å². The Labute approximate surface area is 56.2 Å². The zero-order valence-electron chi connectivity index (χ0n) is 6.23. The topological polar surface area (TPSA) is 26.3 Å². The van der Waals surface area contributed by atoms with Gasteiger partial charge in [-0.05, 0) is 12.8 Å². The highest BCUT2D eigenvalue weighted by atomic mass is 16.5. The van der Waals surface area contributed by atoms with Crippen LogP contribution in [0.3, 0.4) is 0 Å². The van der Waals surface area contributed by atoms with E-state index in [2.05, 4.69) is 0 Å². The maximum Gasteiger partial charge on any atom is 0.306 e. The van der Waals surface area contributed by atoms with Crippen molar-refractivity contribution in [2.75, 3.05) is 6.61 Å². The van der Waals surface area contributed by atoms with E-state index < -0.39 is 0 Å². The van der Waals surface area contributed by atoms with E-state index in [-0.39, 0.29) is 5.97 Å². The van der Waals surface area contributed by atoms with Gasteiger partial charge >= 0.3 is 5.97 Å². The van der Waals surface area contributed by atoms with Crippen molar-refractivity contribution in [3.63, 3.8) is 0 Å². The zero-order valence-corrected chi connectivity index (χ0v) is 6.23. The highest BCUT2D eigenvalue weighted by Gasteiger charge is 2.03. The summed E-state index contributed by atoms with van der Waals surface area (Å²) in [5.74, 6) is 0.964. The van der Waals surface area contributed by atoms with Crippen LogP contribution < -0.4 is 0 Å². The van der Waals surface area contributed by atoms with Gasteiger partial charge in [-0.3, -0.25) is 4.79 Å². The van der Waals surface area contributed by atoms with Crippen LogP contribution in [-0.2, 0) is 9.53 Å². The number of esters is 1. The molecule has 0 aliphatic rings. The third-order valence-corrected chi connectivity index (χ3v) is 0.803. The fourth-order valence-corrected chi connectivity index (χ4v) is 0.501. The summed E-state index contributed by atoms with van der Waals surface area (Å²) in [5.41, 5.74) is 0. The molecule has 0 aromatic carbocycles. The van der Waals surface area contributed by atoms with Crippen molar-refractivity contribution in [3.8, 4) is 0 Å². The van der Waals surface area contributed by atoms with Crippen LogP contribution in [0.4, 0.5) is 0 Å². The van der Waals surface area contributed by atoms with E-state index in [1.165, 1.54) is 0 Å². The second-order valence-electron chi connectivity index (χ2n) is 2.19. The molecule has 9 heavy (non-hydrogen) atoms. The van der Waals surface area contributed by atoms with Crippen LogP contribution in [-0.4, -0.2) is 12.6 Å². The molecular weight excluding hydrogens is 116 g/mol. The van der Waals surface area contributed by atoms with E-state index in [9.17, 15) is 4.79 Å². The third kappa shape index (κ3) is 5.34. The minimum absolute atomic E-state index is 0.127. The smallest absolute Gasteiger partial charge is 0.306 e. The molecule has 0 spiro atoms. The van der Waals surface area contributed by atoms with Crippen LogP contribution in [0.1, 0.15) is 27.2 Å². The summed E-state index contributed by atoms with van der Waals surface area (Å²) in [6, 6.07) is 0. The van der Waals surface area contributed by atoms with E-state index in [0.717, 1.165) is 5.92 Å². The average Bonchev–Trinajstić information content (AvgIpc) is 1.63.